The molecule has 1 amide bonds. The van der Waals surface area contributed by atoms with Crippen molar-refractivity contribution in [1.29, 1.82) is 0 Å². The Morgan fingerprint density at radius 2 is 1.92 bits per heavy atom. The van der Waals surface area contributed by atoms with E-state index >= 15 is 0 Å². The zero-order valence-corrected chi connectivity index (χ0v) is 14.0. The Morgan fingerprint density at radius 1 is 1.04 bits per heavy atom. The number of hydrogen-bond donors (Lipinski definition) is 1. The third-order valence-electron chi connectivity index (χ3n) is 4.34. The van der Waals surface area contributed by atoms with E-state index in [2.05, 4.69) is 15.5 Å². The fourth-order valence-corrected chi connectivity index (χ4v) is 3.11. The predicted molar refractivity (Wildman–Crippen MR) is 98.2 cm³/mol. The molecule has 0 radical (unpaired) electrons. The summed E-state index contributed by atoms with van der Waals surface area (Å²) in [4.78, 5) is 14.6. The largest absolute Gasteiger partial charge is 0.339 e. The summed E-state index contributed by atoms with van der Waals surface area (Å²) in [6.45, 7) is 0.667. The maximum atomic E-state index is 13.2. The van der Waals surface area contributed by atoms with Crippen LogP contribution in [-0.4, -0.2) is 22.6 Å². The zero-order chi connectivity index (χ0) is 17.9. The van der Waals surface area contributed by atoms with Gasteiger partial charge in [0.05, 0.1) is 0 Å². The van der Waals surface area contributed by atoms with Gasteiger partial charge in [-0.2, -0.15) is 0 Å². The molecule has 130 valence electrons. The van der Waals surface area contributed by atoms with E-state index in [0.29, 0.717) is 18.1 Å². The van der Waals surface area contributed by atoms with E-state index in [9.17, 15) is 9.18 Å². The first kappa shape index (κ1) is 16.2. The first-order valence-electron chi connectivity index (χ1n) is 8.47. The number of anilines is 3. The van der Waals surface area contributed by atoms with Gasteiger partial charge in [0, 0.05) is 17.9 Å². The third kappa shape index (κ3) is 3.26. The van der Waals surface area contributed by atoms with E-state index in [0.717, 1.165) is 18.5 Å². The van der Waals surface area contributed by atoms with E-state index in [1.54, 1.807) is 29.2 Å². The van der Waals surface area contributed by atoms with Crippen LogP contribution in [0.3, 0.4) is 0 Å². The molecule has 2 aromatic carbocycles. The number of fused-ring (bicyclic) bond motifs is 1. The monoisotopic (exact) mass is 348 g/mol. The molecule has 0 fully saturated rings. The lowest BCUT2D eigenvalue weighted by molar-refractivity contribution is 0.0979. The van der Waals surface area contributed by atoms with Gasteiger partial charge in [-0.3, -0.25) is 4.79 Å². The Hall–Kier alpha value is -3.28. The van der Waals surface area contributed by atoms with Gasteiger partial charge in [-0.1, -0.05) is 24.3 Å². The summed E-state index contributed by atoms with van der Waals surface area (Å²) in [7, 11) is 0. The predicted octanol–water partition coefficient (Wildman–Crippen LogP) is 3.95. The highest BCUT2D eigenvalue weighted by Gasteiger charge is 2.24. The quantitative estimate of drug-likeness (QED) is 0.779. The van der Waals surface area contributed by atoms with Crippen LogP contribution in [0.4, 0.5) is 21.6 Å². The maximum absolute atomic E-state index is 13.2. The van der Waals surface area contributed by atoms with Gasteiger partial charge < -0.3 is 10.2 Å². The summed E-state index contributed by atoms with van der Waals surface area (Å²) in [5, 5.41) is 11.1. The first-order valence-corrected chi connectivity index (χ1v) is 8.47. The van der Waals surface area contributed by atoms with Gasteiger partial charge in [0.1, 0.15) is 5.82 Å². The second-order valence-electron chi connectivity index (χ2n) is 6.13. The van der Waals surface area contributed by atoms with E-state index in [1.165, 1.54) is 17.7 Å². The van der Waals surface area contributed by atoms with Crippen LogP contribution in [0.2, 0.25) is 0 Å². The fraction of sp³-hybridized carbons (Fsp3) is 0.150. The molecule has 0 spiro atoms. The number of halogens is 1. The molecule has 0 saturated heterocycles. The number of para-hydroxylation sites is 1. The molecule has 5 nitrogen and oxygen atoms in total. The molecule has 1 aliphatic heterocycles. The second-order valence-corrected chi connectivity index (χ2v) is 6.13. The van der Waals surface area contributed by atoms with Crippen molar-refractivity contribution in [2.24, 2.45) is 0 Å². The normalized spacial score (nSPS) is 13.2. The van der Waals surface area contributed by atoms with Crippen LogP contribution >= 0.6 is 0 Å². The molecule has 0 saturated carbocycles. The van der Waals surface area contributed by atoms with Crippen molar-refractivity contribution in [3.8, 4) is 0 Å². The van der Waals surface area contributed by atoms with E-state index in [-0.39, 0.29) is 17.4 Å². The van der Waals surface area contributed by atoms with Gasteiger partial charge in [-0.25, -0.2) is 4.39 Å². The molecule has 1 aliphatic rings. The topological polar surface area (TPSA) is 58.1 Å². The molecule has 1 aromatic heterocycles. The molecular weight excluding hydrogens is 331 g/mol. The van der Waals surface area contributed by atoms with Crippen molar-refractivity contribution < 1.29 is 9.18 Å². The Morgan fingerprint density at radius 3 is 2.73 bits per heavy atom. The summed E-state index contributed by atoms with van der Waals surface area (Å²) < 4.78 is 13.2. The zero-order valence-electron chi connectivity index (χ0n) is 14.0. The molecule has 0 atom stereocenters. The lowest BCUT2D eigenvalue weighted by atomic mass is 10.0. The van der Waals surface area contributed by atoms with E-state index in [4.69, 9.17) is 0 Å². The minimum Gasteiger partial charge on any atom is -0.339 e. The maximum Gasteiger partial charge on any atom is 0.278 e. The lowest BCUT2D eigenvalue weighted by Crippen LogP contribution is -2.36. The Labute approximate surface area is 150 Å². The minimum atomic E-state index is -0.335. The molecule has 0 bridgehead atoms. The van der Waals surface area contributed by atoms with Gasteiger partial charge in [0.25, 0.3) is 5.91 Å². The highest BCUT2D eigenvalue weighted by molar-refractivity contribution is 6.05. The molecule has 6 heteroatoms. The molecule has 2 heterocycles. The van der Waals surface area contributed by atoms with Crippen LogP contribution in [0.1, 0.15) is 22.5 Å². The van der Waals surface area contributed by atoms with Crippen LogP contribution in [0.15, 0.2) is 60.7 Å². The second kappa shape index (κ2) is 6.92. The van der Waals surface area contributed by atoms with Gasteiger partial charge in [-0.15, -0.1) is 10.2 Å². The SMILES string of the molecule is O=C(c1ccc(Nc2cccc(F)c2)nn1)N1CCCc2ccccc21. The highest BCUT2D eigenvalue weighted by atomic mass is 19.1. The average Bonchev–Trinajstić information content (AvgIpc) is 2.68. The number of carbonyl (C=O) groups is 1. The van der Waals surface area contributed by atoms with Crippen molar-refractivity contribution in [3.63, 3.8) is 0 Å². The summed E-state index contributed by atoms with van der Waals surface area (Å²) >= 11 is 0. The van der Waals surface area contributed by atoms with E-state index < -0.39 is 0 Å². The van der Waals surface area contributed by atoms with Gasteiger partial charge >= 0.3 is 0 Å². The van der Waals surface area contributed by atoms with Crippen LogP contribution in [0.5, 0.6) is 0 Å². The molecule has 0 aliphatic carbocycles. The van der Waals surface area contributed by atoms with Crippen LogP contribution < -0.4 is 10.2 Å². The first-order chi connectivity index (χ1) is 12.7. The number of aromatic nitrogens is 2. The minimum absolute atomic E-state index is 0.165. The smallest absolute Gasteiger partial charge is 0.278 e. The summed E-state index contributed by atoms with van der Waals surface area (Å²) in [5.74, 6) is -0.0494. The number of nitrogens with zero attached hydrogens (tertiary/aromatic N) is 3. The number of benzene rings is 2. The average molecular weight is 348 g/mol. The van der Waals surface area contributed by atoms with Crippen LogP contribution in [-0.2, 0) is 6.42 Å². The number of hydrogen-bond acceptors (Lipinski definition) is 4. The van der Waals surface area contributed by atoms with Crippen LogP contribution in [0, 0.1) is 5.82 Å². The van der Waals surface area contributed by atoms with Crippen molar-refractivity contribution in [3.05, 3.63) is 77.7 Å². The summed E-state index contributed by atoms with van der Waals surface area (Å²) in [6.07, 6.45) is 1.90. The van der Waals surface area contributed by atoms with Crippen molar-refractivity contribution >= 4 is 23.1 Å². The Kier molecular flexibility index (Phi) is 4.31. The number of amides is 1. The van der Waals surface area contributed by atoms with Crippen molar-refractivity contribution in [2.45, 2.75) is 12.8 Å². The Bertz CT molecular complexity index is 943. The molecule has 3 aromatic rings. The van der Waals surface area contributed by atoms with Gasteiger partial charge in [0.2, 0.25) is 0 Å². The summed E-state index contributed by atoms with van der Waals surface area (Å²) in [6, 6.07) is 17.3. The third-order valence-corrected chi connectivity index (χ3v) is 4.34. The molecule has 4 rings (SSSR count). The Balaban J connectivity index is 1.53. The standard InChI is InChI=1S/C20H17FN4O/c21-15-7-3-8-16(13-15)22-19-11-10-17(23-24-19)20(26)25-12-4-6-14-5-1-2-9-18(14)25/h1-3,5,7-11,13H,4,6,12H2,(H,22,24). The molecule has 1 N–H and O–H groups in total. The van der Waals surface area contributed by atoms with Crippen LogP contribution in [0.25, 0.3) is 0 Å². The number of rotatable bonds is 3. The number of carbonyl (C=O) groups excluding carboxylic acids is 1. The molecule has 26 heavy (non-hydrogen) atoms. The van der Waals surface area contributed by atoms with Gasteiger partial charge in [-0.05, 0) is 54.8 Å². The number of aryl methyl sites for hydroxylation is 1. The van der Waals surface area contributed by atoms with E-state index in [1.807, 2.05) is 24.3 Å². The van der Waals surface area contributed by atoms with Crippen molar-refractivity contribution in [2.75, 3.05) is 16.8 Å². The summed E-state index contributed by atoms with van der Waals surface area (Å²) in [5.41, 5.74) is 2.96. The molecular formula is C20H17FN4O. The highest BCUT2D eigenvalue weighted by Crippen LogP contribution is 2.27. The molecule has 0 unspecified atom stereocenters. The number of nitrogens with one attached hydrogen (secondary N) is 1. The fourth-order valence-electron chi connectivity index (χ4n) is 3.11. The lowest BCUT2D eigenvalue weighted by Gasteiger charge is -2.29. The van der Waals surface area contributed by atoms with Crippen molar-refractivity contribution in [1.82, 2.24) is 10.2 Å². The van der Waals surface area contributed by atoms with Gasteiger partial charge in [0.15, 0.2) is 11.5 Å².